The highest BCUT2D eigenvalue weighted by Crippen LogP contribution is 2.08. The van der Waals surface area contributed by atoms with Crippen LogP contribution in [0.3, 0.4) is 0 Å². The first-order valence-corrected chi connectivity index (χ1v) is 6.71. The average molecular weight is 245 g/mol. The van der Waals surface area contributed by atoms with E-state index >= 15 is 0 Å². The SMILES string of the molecule is CCC(C#N)S(=O)(=O)NC1CCC(=O)NC1. The van der Waals surface area contributed by atoms with Crippen molar-refractivity contribution in [1.29, 1.82) is 5.26 Å². The van der Waals surface area contributed by atoms with Crippen LogP contribution < -0.4 is 10.0 Å². The van der Waals surface area contributed by atoms with Gasteiger partial charge in [-0.1, -0.05) is 6.92 Å². The lowest BCUT2D eigenvalue weighted by atomic mass is 10.1. The van der Waals surface area contributed by atoms with Crippen molar-refractivity contribution in [3.63, 3.8) is 0 Å². The molecule has 90 valence electrons. The van der Waals surface area contributed by atoms with E-state index in [1.165, 1.54) is 0 Å². The summed E-state index contributed by atoms with van der Waals surface area (Å²) < 4.78 is 25.8. The van der Waals surface area contributed by atoms with Crippen LogP contribution in [0.15, 0.2) is 0 Å². The first kappa shape index (κ1) is 12.9. The van der Waals surface area contributed by atoms with E-state index in [0.717, 1.165) is 0 Å². The Labute approximate surface area is 95.1 Å². The van der Waals surface area contributed by atoms with Crippen LogP contribution >= 0.6 is 0 Å². The number of hydrogen-bond acceptors (Lipinski definition) is 4. The number of nitrogens with zero attached hydrogens (tertiary/aromatic N) is 1. The van der Waals surface area contributed by atoms with Gasteiger partial charge in [0.1, 0.15) is 0 Å². The molecule has 0 aromatic heterocycles. The Kier molecular flexibility index (Phi) is 4.26. The fourth-order valence-electron chi connectivity index (χ4n) is 1.53. The van der Waals surface area contributed by atoms with Crippen LogP contribution in [0, 0.1) is 11.3 Å². The molecule has 0 radical (unpaired) electrons. The van der Waals surface area contributed by atoms with Gasteiger partial charge < -0.3 is 5.32 Å². The predicted octanol–water partition coefficient (Wildman–Crippen LogP) is -0.513. The largest absolute Gasteiger partial charge is 0.355 e. The highest BCUT2D eigenvalue weighted by molar-refractivity contribution is 7.90. The predicted molar refractivity (Wildman–Crippen MR) is 57.8 cm³/mol. The molecule has 2 unspecified atom stereocenters. The molecule has 7 heteroatoms. The third-order valence-electron chi connectivity index (χ3n) is 2.49. The number of sulfonamides is 1. The molecule has 6 nitrogen and oxygen atoms in total. The van der Waals surface area contributed by atoms with Crippen LogP contribution in [0.4, 0.5) is 0 Å². The molecular weight excluding hydrogens is 230 g/mol. The van der Waals surface area contributed by atoms with Crippen molar-refractivity contribution in [2.24, 2.45) is 0 Å². The lowest BCUT2D eigenvalue weighted by Crippen LogP contribution is -2.49. The molecule has 0 aromatic carbocycles. The molecule has 0 saturated carbocycles. The number of amides is 1. The topological polar surface area (TPSA) is 99.1 Å². The minimum atomic E-state index is -3.60. The Morgan fingerprint density at radius 3 is 2.81 bits per heavy atom. The third kappa shape index (κ3) is 3.18. The maximum atomic E-state index is 11.7. The molecule has 1 aliphatic rings. The Morgan fingerprint density at radius 2 is 2.38 bits per heavy atom. The Hall–Kier alpha value is -1.13. The van der Waals surface area contributed by atoms with Crippen LogP contribution in [0.1, 0.15) is 26.2 Å². The van der Waals surface area contributed by atoms with Crippen molar-refractivity contribution < 1.29 is 13.2 Å². The van der Waals surface area contributed by atoms with Crippen molar-refractivity contribution >= 4 is 15.9 Å². The van der Waals surface area contributed by atoms with E-state index in [0.29, 0.717) is 19.4 Å². The zero-order chi connectivity index (χ0) is 12.2. The quantitative estimate of drug-likeness (QED) is 0.696. The fraction of sp³-hybridized carbons (Fsp3) is 0.778. The highest BCUT2D eigenvalue weighted by atomic mass is 32.2. The van der Waals surface area contributed by atoms with E-state index in [1.54, 1.807) is 13.0 Å². The minimum Gasteiger partial charge on any atom is -0.355 e. The summed E-state index contributed by atoms with van der Waals surface area (Å²) in [6.45, 7) is 1.94. The smallest absolute Gasteiger partial charge is 0.228 e. The van der Waals surface area contributed by atoms with Gasteiger partial charge in [0.15, 0.2) is 5.25 Å². The molecule has 0 aliphatic carbocycles. The van der Waals surface area contributed by atoms with Gasteiger partial charge in [0.25, 0.3) is 0 Å². The fourth-order valence-corrected chi connectivity index (χ4v) is 2.94. The molecule has 1 fully saturated rings. The standard InChI is InChI=1S/C9H15N3O3S/c1-2-8(5-10)16(14,15)12-7-3-4-9(13)11-6-7/h7-8,12H,2-4,6H2,1H3,(H,11,13). The average Bonchev–Trinajstić information content (AvgIpc) is 2.22. The number of nitrogens with one attached hydrogen (secondary N) is 2. The summed E-state index contributed by atoms with van der Waals surface area (Å²) in [7, 11) is -3.60. The minimum absolute atomic E-state index is 0.0669. The molecule has 1 rings (SSSR count). The van der Waals surface area contributed by atoms with Crippen LogP contribution in [0.2, 0.25) is 0 Å². The summed E-state index contributed by atoms with van der Waals surface area (Å²) in [5.74, 6) is -0.0669. The highest BCUT2D eigenvalue weighted by Gasteiger charge is 2.28. The first-order valence-electron chi connectivity index (χ1n) is 5.17. The summed E-state index contributed by atoms with van der Waals surface area (Å²) in [5, 5.41) is 10.3. The van der Waals surface area contributed by atoms with E-state index in [2.05, 4.69) is 10.0 Å². The molecule has 16 heavy (non-hydrogen) atoms. The van der Waals surface area contributed by atoms with Crippen molar-refractivity contribution in [3.8, 4) is 6.07 Å². The van der Waals surface area contributed by atoms with E-state index in [9.17, 15) is 13.2 Å². The number of hydrogen-bond donors (Lipinski definition) is 2. The molecule has 0 aromatic rings. The zero-order valence-corrected chi connectivity index (χ0v) is 9.88. The number of rotatable bonds is 4. The Bertz CT molecular complexity index is 389. The van der Waals surface area contributed by atoms with Gasteiger partial charge in [0.05, 0.1) is 6.07 Å². The van der Waals surface area contributed by atoms with Gasteiger partial charge in [-0.05, 0) is 12.8 Å². The second-order valence-electron chi connectivity index (χ2n) is 3.73. The molecule has 0 spiro atoms. The van der Waals surface area contributed by atoms with Crippen LogP contribution in [0.25, 0.3) is 0 Å². The van der Waals surface area contributed by atoms with Crippen LogP contribution in [0.5, 0.6) is 0 Å². The summed E-state index contributed by atoms with van der Waals surface area (Å²) in [4.78, 5) is 10.9. The maximum absolute atomic E-state index is 11.7. The normalized spacial score (nSPS) is 23.2. The van der Waals surface area contributed by atoms with Crippen molar-refractivity contribution in [3.05, 3.63) is 0 Å². The van der Waals surface area contributed by atoms with Crippen molar-refractivity contribution in [1.82, 2.24) is 10.0 Å². The Balaban J connectivity index is 2.60. The number of piperidine rings is 1. The monoisotopic (exact) mass is 245 g/mol. The number of carbonyl (C=O) groups is 1. The van der Waals surface area contributed by atoms with Crippen LogP contribution in [-0.2, 0) is 14.8 Å². The number of carbonyl (C=O) groups excluding carboxylic acids is 1. The molecule has 2 atom stereocenters. The van der Waals surface area contributed by atoms with Crippen molar-refractivity contribution in [2.45, 2.75) is 37.5 Å². The molecule has 1 heterocycles. The van der Waals surface area contributed by atoms with E-state index < -0.39 is 15.3 Å². The van der Waals surface area contributed by atoms with Gasteiger partial charge in [-0.15, -0.1) is 0 Å². The van der Waals surface area contributed by atoms with E-state index in [1.807, 2.05) is 0 Å². The maximum Gasteiger partial charge on any atom is 0.228 e. The van der Waals surface area contributed by atoms with E-state index in [4.69, 9.17) is 5.26 Å². The van der Waals surface area contributed by atoms with E-state index in [-0.39, 0.29) is 18.4 Å². The Morgan fingerprint density at radius 1 is 1.69 bits per heavy atom. The lowest BCUT2D eigenvalue weighted by Gasteiger charge is -2.24. The number of nitriles is 1. The third-order valence-corrected chi connectivity index (χ3v) is 4.34. The second-order valence-corrected chi connectivity index (χ2v) is 5.62. The second kappa shape index (κ2) is 5.27. The zero-order valence-electron chi connectivity index (χ0n) is 9.06. The molecule has 2 N–H and O–H groups in total. The summed E-state index contributed by atoms with van der Waals surface area (Å²) in [6, 6.07) is 1.45. The van der Waals surface area contributed by atoms with Crippen LogP contribution in [-0.4, -0.2) is 32.2 Å². The molecule has 1 aliphatic heterocycles. The lowest BCUT2D eigenvalue weighted by molar-refractivity contribution is -0.122. The van der Waals surface area contributed by atoms with Gasteiger partial charge >= 0.3 is 0 Å². The molecule has 0 bridgehead atoms. The van der Waals surface area contributed by atoms with Gasteiger partial charge in [-0.25, -0.2) is 13.1 Å². The summed E-state index contributed by atoms with van der Waals surface area (Å²) in [6.07, 6.45) is 1.05. The summed E-state index contributed by atoms with van der Waals surface area (Å²) in [5.41, 5.74) is 0. The molecular formula is C9H15N3O3S. The van der Waals surface area contributed by atoms with Gasteiger partial charge in [0.2, 0.25) is 15.9 Å². The summed E-state index contributed by atoms with van der Waals surface area (Å²) >= 11 is 0. The first-order chi connectivity index (χ1) is 7.49. The molecule has 1 saturated heterocycles. The van der Waals surface area contributed by atoms with Gasteiger partial charge in [-0.3, -0.25) is 4.79 Å². The van der Waals surface area contributed by atoms with Gasteiger partial charge in [0, 0.05) is 19.0 Å². The van der Waals surface area contributed by atoms with Crippen molar-refractivity contribution in [2.75, 3.05) is 6.54 Å². The molecule has 1 amide bonds. The van der Waals surface area contributed by atoms with Gasteiger partial charge in [-0.2, -0.15) is 5.26 Å².